The number of ether oxygens (including phenoxy) is 1. The Morgan fingerprint density at radius 3 is 2.41 bits per heavy atom. The highest BCUT2D eigenvalue weighted by molar-refractivity contribution is 7.98. The van der Waals surface area contributed by atoms with Gasteiger partial charge in [-0.1, -0.05) is 60.1 Å². The van der Waals surface area contributed by atoms with Crippen LogP contribution in [-0.4, -0.2) is 14.8 Å². The molecule has 1 aromatic heterocycles. The molecule has 0 radical (unpaired) electrons. The molecule has 0 saturated carbocycles. The molecule has 1 unspecified atom stereocenters. The molecule has 27 heavy (non-hydrogen) atoms. The third kappa shape index (κ3) is 4.98. The molecule has 0 saturated heterocycles. The van der Waals surface area contributed by atoms with Crippen LogP contribution in [-0.2, 0) is 19.2 Å². The molecule has 0 spiro atoms. The highest BCUT2D eigenvalue weighted by Gasteiger charge is 2.17. The summed E-state index contributed by atoms with van der Waals surface area (Å²) < 4.78 is 7.99. The van der Waals surface area contributed by atoms with Gasteiger partial charge in [-0.2, -0.15) is 0 Å². The maximum atomic E-state index is 6.08. The van der Waals surface area contributed by atoms with Gasteiger partial charge in [-0.3, -0.25) is 0 Å². The first-order valence-electron chi connectivity index (χ1n) is 8.69. The lowest BCUT2D eigenvalue weighted by molar-refractivity contribution is 0.211. The van der Waals surface area contributed by atoms with Gasteiger partial charge in [0, 0.05) is 12.8 Å². The molecular weight excluding hydrogens is 401 g/mol. The minimum absolute atomic E-state index is 0.200. The van der Waals surface area contributed by atoms with Crippen molar-refractivity contribution in [1.82, 2.24) is 14.8 Å². The van der Waals surface area contributed by atoms with Crippen LogP contribution in [0.3, 0.4) is 0 Å². The average molecular weight is 422 g/mol. The second-order valence-corrected chi connectivity index (χ2v) is 7.95. The number of benzene rings is 2. The molecule has 3 aromatic rings. The Morgan fingerprint density at radius 2 is 1.74 bits per heavy atom. The Morgan fingerprint density at radius 1 is 1.04 bits per heavy atom. The maximum absolute atomic E-state index is 6.08. The fraction of sp³-hybridized carbons (Fsp3) is 0.300. The fourth-order valence-electron chi connectivity index (χ4n) is 2.64. The third-order valence-corrected chi connectivity index (χ3v) is 6.06. The highest BCUT2D eigenvalue weighted by atomic mass is 35.5. The van der Waals surface area contributed by atoms with Gasteiger partial charge < -0.3 is 9.30 Å². The number of thioether (sulfide) groups is 1. The van der Waals surface area contributed by atoms with Gasteiger partial charge in [0.2, 0.25) is 0 Å². The standard InChI is InChI=1S/C20H21Cl2N3OS/c1-4-14-5-8-16(9-6-14)26-13(2)19-23-24-20(25(19)3)27-12-15-7-10-17(21)18(22)11-15/h5-11,13H,4,12H2,1-3H3. The SMILES string of the molecule is CCc1ccc(OC(C)c2nnc(SCc3ccc(Cl)c(Cl)c3)n2C)cc1. The molecule has 2 aromatic carbocycles. The van der Waals surface area contributed by atoms with Crippen molar-refractivity contribution in [3.05, 3.63) is 69.5 Å². The Hall–Kier alpha value is -1.69. The fourth-order valence-corrected chi connectivity index (χ4v) is 3.83. The summed E-state index contributed by atoms with van der Waals surface area (Å²) in [5, 5.41) is 10.6. The number of aryl methyl sites for hydroxylation is 1. The maximum Gasteiger partial charge on any atom is 0.191 e. The Kier molecular flexibility index (Phi) is 6.68. The van der Waals surface area contributed by atoms with Gasteiger partial charge in [-0.05, 0) is 48.7 Å². The van der Waals surface area contributed by atoms with E-state index in [1.54, 1.807) is 11.8 Å². The van der Waals surface area contributed by atoms with Crippen LogP contribution in [0, 0.1) is 0 Å². The van der Waals surface area contributed by atoms with Gasteiger partial charge in [-0.15, -0.1) is 10.2 Å². The van der Waals surface area contributed by atoms with Crippen molar-refractivity contribution in [3.63, 3.8) is 0 Å². The van der Waals surface area contributed by atoms with Gasteiger partial charge in [0.25, 0.3) is 0 Å². The highest BCUT2D eigenvalue weighted by Crippen LogP contribution is 2.28. The van der Waals surface area contributed by atoms with Gasteiger partial charge in [0.15, 0.2) is 17.1 Å². The van der Waals surface area contributed by atoms with E-state index in [1.807, 2.05) is 48.9 Å². The summed E-state index contributed by atoms with van der Waals surface area (Å²) in [7, 11) is 1.95. The molecule has 0 N–H and O–H groups in total. The number of halogens is 2. The molecule has 142 valence electrons. The molecule has 4 nitrogen and oxygen atoms in total. The Balaban J connectivity index is 1.65. The van der Waals surface area contributed by atoms with Crippen LogP contribution in [0.1, 0.15) is 36.9 Å². The summed E-state index contributed by atoms with van der Waals surface area (Å²) in [6.07, 6.45) is 0.813. The first kappa shape index (κ1) is 20.1. The van der Waals surface area contributed by atoms with Crippen molar-refractivity contribution in [2.24, 2.45) is 7.05 Å². The van der Waals surface area contributed by atoms with Crippen molar-refractivity contribution >= 4 is 35.0 Å². The summed E-state index contributed by atoms with van der Waals surface area (Å²) in [5.41, 5.74) is 2.37. The van der Waals surface area contributed by atoms with Crippen LogP contribution in [0.15, 0.2) is 47.6 Å². The van der Waals surface area contributed by atoms with Crippen molar-refractivity contribution in [3.8, 4) is 5.75 Å². The second-order valence-electron chi connectivity index (χ2n) is 6.19. The first-order valence-corrected chi connectivity index (χ1v) is 10.4. The Labute approximate surface area is 173 Å². The van der Waals surface area contributed by atoms with E-state index in [4.69, 9.17) is 27.9 Å². The van der Waals surface area contributed by atoms with Crippen LogP contribution < -0.4 is 4.74 Å². The van der Waals surface area contributed by atoms with E-state index in [0.717, 1.165) is 34.5 Å². The van der Waals surface area contributed by atoms with Crippen LogP contribution >= 0.6 is 35.0 Å². The van der Waals surface area contributed by atoms with E-state index in [9.17, 15) is 0 Å². The zero-order valence-electron chi connectivity index (χ0n) is 15.4. The zero-order chi connectivity index (χ0) is 19.4. The smallest absolute Gasteiger partial charge is 0.191 e. The largest absolute Gasteiger partial charge is 0.483 e. The topological polar surface area (TPSA) is 39.9 Å². The van der Waals surface area contributed by atoms with Gasteiger partial charge in [-0.25, -0.2) is 0 Å². The van der Waals surface area contributed by atoms with E-state index in [-0.39, 0.29) is 6.10 Å². The van der Waals surface area contributed by atoms with E-state index < -0.39 is 0 Å². The quantitative estimate of drug-likeness (QED) is 0.431. The minimum atomic E-state index is -0.200. The molecule has 0 aliphatic rings. The Bertz CT molecular complexity index is 912. The first-order chi connectivity index (χ1) is 13.0. The van der Waals surface area contributed by atoms with Crippen molar-refractivity contribution in [2.75, 3.05) is 0 Å². The molecule has 1 atom stereocenters. The normalized spacial score (nSPS) is 12.2. The second kappa shape index (κ2) is 9.00. The molecule has 0 aliphatic carbocycles. The van der Waals surface area contributed by atoms with Crippen LogP contribution in [0.25, 0.3) is 0 Å². The minimum Gasteiger partial charge on any atom is -0.483 e. The average Bonchev–Trinajstić information content (AvgIpc) is 3.04. The third-order valence-electron chi connectivity index (χ3n) is 4.23. The lowest BCUT2D eigenvalue weighted by atomic mass is 10.2. The predicted molar refractivity (Wildman–Crippen MR) is 112 cm³/mol. The van der Waals surface area contributed by atoms with Crippen molar-refractivity contribution in [2.45, 2.75) is 37.3 Å². The summed E-state index contributed by atoms with van der Waals surface area (Å²) in [4.78, 5) is 0. The summed E-state index contributed by atoms with van der Waals surface area (Å²) in [6, 6.07) is 13.8. The van der Waals surface area contributed by atoms with Crippen molar-refractivity contribution < 1.29 is 4.74 Å². The van der Waals surface area contributed by atoms with Gasteiger partial charge in [0.05, 0.1) is 10.0 Å². The van der Waals surface area contributed by atoms with Gasteiger partial charge >= 0.3 is 0 Å². The van der Waals surface area contributed by atoms with E-state index in [2.05, 4.69) is 29.3 Å². The summed E-state index contributed by atoms with van der Waals surface area (Å²) >= 11 is 13.6. The molecule has 0 fully saturated rings. The molecular formula is C20H21Cl2N3OS. The molecule has 0 amide bonds. The van der Waals surface area contributed by atoms with Crippen molar-refractivity contribution in [1.29, 1.82) is 0 Å². The van der Waals surface area contributed by atoms with E-state index >= 15 is 0 Å². The van der Waals surface area contributed by atoms with Crippen LogP contribution in [0.4, 0.5) is 0 Å². The molecule has 1 heterocycles. The van der Waals surface area contributed by atoms with Crippen LogP contribution in [0.2, 0.25) is 10.0 Å². The number of nitrogens with zero attached hydrogens (tertiary/aromatic N) is 3. The summed E-state index contributed by atoms with van der Waals surface area (Å²) in [5.74, 6) is 2.34. The summed E-state index contributed by atoms with van der Waals surface area (Å²) in [6.45, 7) is 4.11. The predicted octanol–water partition coefficient (Wildman–Crippen LogP) is 6.12. The molecule has 7 heteroatoms. The lowest BCUT2D eigenvalue weighted by Gasteiger charge is -2.14. The molecule has 3 rings (SSSR count). The zero-order valence-corrected chi connectivity index (χ0v) is 17.8. The molecule has 0 aliphatic heterocycles. The number of hydrogen-bond acceptors (Lipinski definition) is 4. The van der Waals surface area contributed by atoms with E-state index in [0.29, 0.717) is 10.0 Å². The molecule has 0 bridgehead atoms. The number of aromatic nitrogens is 3. The lowest BCUT2D eigenvalue weighted by Crippen LogP contribution is -2.10. The number of hydrogen-bond donors (Lipinski definition) is 0. The van der Waals surface area contributed by atoms with E-state index in [1.165, 1.54) is 5.56 Å². The van der Waals surface area contributed by atoms with Crippen LogP contribution in [0.5, 0.6) is 5.75 Å². The number of rotatable bonds is 7. The van der Waals surface area contributed by atoms with Gasteiger partial charge in [0.1, 0.15) is 5.75 Å². The monoisotopic (exact) mass is 421 g/mol.